The number of rotatable bonds is 6. The van der Waals surface area contributed by atoms with Crippen LogP contribution in [0.1, 0.15) is 45.2 Å². The lowest BCUT2D eigenvalue weighted by atomic mass is 9.91. The molecular weight excluding hydrogens is 232 g/mol. The van der Waals surface area contributed by atoms with Crippen LogP contribution in [0, 0.1) is 0 Å². The quantitative estimate of drug-likeness (QED) is 0.841. The second-order valence-electron chi connectivity index (χ2n) is 5.17. The van der Waals surface area contributed by atoms with Gasteiger partial charge in [-0.05, 0) is 37.8 Å². The van der Waals surface area contributed by atoms with Crippen molar-refractivity contribution in [2.45, 2.75) is 45.6 Å². The summed E-state index contributed by atoms with van der Waals surface area (Å²) in [6.45, 7) is 7.80. The zero-order chi connectivity index (χ0) is 13.7. The van der Waals surface area contributed by atoms with Crippen molar-refractivity contribution >= 4 is 10.8 Å². The molecule has 2 atom stereocenters. The smallest absolute Gasteiger partial charge is 0.0528 e. The van der Waals surface area contributed by atoms with Crippen molar-refractivity contribution in [1.82, 2.24) is 10.3 Å². The van der Waals surface area contributed by atoms with Gasteiger partial charge in [-0.3, -0.25) is 4.98 Å². The van der Waals surface area contributed by atoms with Crippen molar-refractivity contribution in [2.24, 2.45) is 0 Å². The van der Waals surface area contributed by atoms with E-state index in [-0.39, 0.29) is 0 Å². The Hall–Kier alpha value is -1.41. The molecule has 2 unspecified atom stereocenters. The molecule has 1 aromatic carbocycles. The molecule has 102 valence electrons. The van der Waals surface area contributed by atoms with Gasteiger partial charge in [-0.2, -0.15) is 0 Å². The van der Waals surface area contributed by atoms with Gasteiger partial charge in [-0.25, -0.2) is 0 Å². The minimum atomic E-state index is 0.461. The van der Waals surface area contributed by atoms with Gasteiger partial charge >= 0.3 is 0 Å². The molecule has 0 amide bonds. The van der Waals surface area contributed by atoms with Gasteiger partial charge in [0.1, 0.15) is 0 Å². The topological polar surface area (TPSA) is 24.9 Å². The van der Waals surface area contributed by atoms with E-state index in [4.69, 9.17) is 0 Å². The van der Waals surface area contributed by atoms with Gasteiger partial charge in [0.25, 0.3) is 0 Å². The first-order valence-electron chi connectivity index (χ1n) is 7.35. The monoisotopic (exact) mass is 256 g/mol. The van der Waals surface area contributed by atoms with Crippen LogP contribution in [-0.4, -0.2) is 17.6 Å². The molecule has 0 spiro atoms. The number of aromatic nitrogens is 1. The third-order valence-corrected chi connectivity index (χ3v) is 3.82. The molecule has 0 aliphatic carbocycles. The molecule has 1 N–H and O–H groups in total. The molecule has 0 aliphatic heterocycles. The SMILES string of the molecule is CCCNC(C)C(CC)c1nccc2ccccc12. The standard InChI is InChI=1S/C17H24N2/c1-4-11-18-13(3)15(5-2)17-16-9-7-6-8-14(16)10-12-19-17/h6-10,12-13,15,18H,4-5,11H2,1-3H3. The second kappa shape index (κ2) is 6.67. The summed E-state index contributed by atoms with van der Waals surface area (Å²) in [5.74, 6) is 0.470. The molecule has 2 aromatic rings. The fourth-order valence-electron chi connectivity index (χ4n) is 2.74. The van der Waals surface area contributed by atoms with E-state index in [1.807, 2.05) is 6.20 Å². The summed E-state index contributed by atoms with van der Waals surface area (Å²) in [4.78, 5) is 4.67. The Morgan fingerprint density at radius 1 is 1.16 bits per heavy atom. The lowest BCUT2D eigenvalue weighted by Crippen LogP contribution is -2.33. The zero-order valence-electron chi connectivity index (χ0n) is 12.2. The first-order chi connectivity index (χ1) is 9.27. The number of hydrogen-bond acceptors (Lipinski definition) is 2. The fraction of sp³-hybridized carbons (Fsp3) is 0.471. The molecule has 19 heavy (non-hydrogen) atoms. The van der Waals surface area contributed by atoms with Gasteiger partial charge < -0.3 is 5.32 Å². The van der Waals surface area contributed by atoms with E-state index >= 15 is 0 Å². The van der Waals surface area contributed by atoms with Crippen molar-refractivity contribution in [1.29, 1.82) is 0 Å². The van der Waals surface area contributed by atoms with E-state index < -0.39 is 0 Å². The Bertz CT molecular complexity index is 516. The normalized spacial score (nSPS) is 14.5. The van der Waals surface area contributed by atoms with E-state index in [2.05, 4.69) is 61.4 Å². The molecule has 1 heterocycles. The maximum Gasteiger partial charge on any atom is 0.0528 e. The summed E-state index contributed by atoms with van der Waals surface area (Å²) in [5.41, 5.74) is 1.23. The average Bonchev–Trinajstić information content (AvgIpc) is 2.46. The molecule has 0 saturated carbocycles. The number of pyridine rings is 1. The second-order valence-corrected chi connectivity index (χ2v) is 5.17. The Kier molecular flexibility index (Phi) is 4.92. The number of hydrogen-bond donors (Lipinski definition) is 1. The molecule has 0 bridgehead atoms. The van der Waals surface area contributed by atoms with E-state index in [1.165, 1.54) is 22.9 Å². The summed E-state index contributed by atoms with van der Waals surface area (Å²) >= 11 is 0. The zero-order valence-corrected chi connectivity index (χ0v) is 12.2. The first kappa shape index (κ1) is 14.0. The van der Waals surface area contributed by atoms with Crippen LogP contribution in [0.25, 0.3) is 10.8 Å². The van der Waals surface area contributed by atoms with E-state index in [1.54, 1.807) is 0 Å². The van der Waals surface area contributed by atoms with Crippen molar-refractivity contribution in [3.63, 3.8) is 0 Å². The van der Waals surface area contributed by atoms with Crippen LogP contribution in [-0.2, 0) is 0 Å². The van der Waals surface area contributed by atoms with Crippen molar-refractivity contribution in [3.8, 4) is 0 Å². The van der Waals surface area contributed by atoms with Crippen molar-refractivity contribution in [2.75, 3.05) is 6.54 Å². The highest BCUT2D eigenvalue weighted by atomic mass is 14.9. The van der Waals surface area contributed by atoms with Crippen molar-refractivity contribution < 1.29 is 0 Å². The number of benzene rings is 1. The first-order valence-corrected chi connectivity index (χ1v) is 7.35. The minimum Gasteiger partial charge on any atom is -0.314 e. The number of nitrogens with one attached hydrogen (secondary N) is 1. The van der Waals surface area contributed by atoms with E-state index in [9.17, 15) is 0 Å². The molecular formula is C17H24N2. The highest BCUT2D eigenvalue weighted by Crippen LogP contribution is 2.28. The largest absolute Gasteiger partial charge is 0.314 e. The molecule has 0 fully saturated rings. The third-order valence-electron chi connectivity index (χ3n) is 3.82. The Morgan fingerprint density at radius 3 is 2.68 bits per heavy atom. The summed E-state index contributed by atoms with van der Waals surface area (Å²) in [6.07, 6.45) is 4.22. The summed E-state index contributed by atoms with van der Waals surface area (Å²) in [5, 5.41) is 6.19. The van der Waals surface area contributed by atoms with E-state index in [0.29, 0.717) is 12.0 Å². The third kappa shape index (κ3) is 3.13. The van der Waals surface area contributed by atoms with Crippen LogP contribution in [0.3, 0.4) is 0 Å². The average molecular weight is 256 g/mol. The molecule has 0 radical (unpaired) electrons. The maximum atomic E-state index is 4.67. The van der Waals surface area contributed by atoms with Crippen LogP contribution < -0.4 is 5.32 Å². The molecule has 2 rings (SSSR count). The number of fused-ring (bicyclic) bond motifs is 1. The maximum absolute atomic E-state index is 4.67. The van der Waals surface area contributed by atoms with Crippen LogP contribution in [0.2, 0.25) is 0 Å². The van der Waals surface area contributed by atoms with Crippen LogP contribution >= 0.6 is 0 Å². The molecule has 0 saturated heterocycles. The predicted molar refractivity (Wildman–Crippen MR) is 82.5 cm³/mol. The molecule has 1 aromatic heterocycles. The van der Waals surface area contributed by atoms with Gasteiger partial charge in [-0.1, -0.05) is 38.1 Å². The predicted octanol–water partition coefficient (Wildman–Crippen LogP) is 4.12. The van der Waals surface area contributed by atoms with E-state index in [0.717, 1.165) is 13.0 Å². The minimum absolute atomic E-state index is 0.461. The summed E-state index contributed by atoms with van der Waals surface area (Å²) in [6, 6.07) is 11.1. The van der Waals surface area contributed by atoms with Crippen LogP contribution in [0.5, 0.6) is 0 Å². The van der Waals surface area contributed by atoms with Gasteiger partial charge in [0, 0.05) is 23.5 Å². The van der Waals surface area contributed by atoms with Gasteiger partial charge in [0.15, 0.2) is 0 Å². The van der Waals surface area contributed by atoms with Crippen molar-refractivity contribution in [3.05, 3.63) is 42.2 Å². The lowest BCUT2D eigenvalue weighted by Gasteiger charge is -2.24. The Labute approximate surface area is 116 Å². The summed E-state index contributed by atoms with van der Waals surface area (Å²) in [7, 11) is 0. The summed E-state index contributed by atoms with van der Waals surface area (Å²) < 4.78 is 0. The Balaban J connectivity index is 2.35. The lowest BCUT2D eigenvalue weighted by molar-refractivity contribution is 0.445. The van der Waals surface area contributed by atoms with Gasteiger partial charge in [0.2, 0.25) is 0 Å². The van der Waals surface area contributed by atoms with Gasteiger partial charge in [0.05, 0.1) is 5.69 Å². The van der Waals surface area contributed by atoms with Gasteiger partial charge in [-0.15, -0.1) is 0 Å². The highest BCUT2D eigenvalue weighted by Gasteiger charge is 2.20. The fourth-order valence-corrected chi connectivity index (χ4v) is 2.74. The number of nitrogens with zero attached hydrogens (tertiary/aromatic N) is 1. The van der Waals surface area contributed by atoms with Crippen LogP contribution in [0.4, 0.5) is 0 Å². The highest BCUT2D eigenvalue weighted by molar-refractivity contribution is 5.84. The molecule has 2 nitrogen and oxygen atoms in total. The van der Waals surface area contributed by atoms with Crippen LogP contribution in [0.15, 0.2) is 36.5 Å². The Morgan fingerprint density at radius 2 is 1.95 bits per heavy atom. The molecule has 0 aliphatic rings. The molecule has 2 heteroatoms.